The number of pyridine rings is 1. The van der Waals surface area contributed by atoms with Gasteiger partial charge in [0, 0.05) is 24.3 Å². The Bertz CT molecular complexity index is 1360. The first-order chi connectivity index (χ1) is 15.9. The van der Waals surface area contributed by atoms with Gasteiger partial charge in [0.05, 0.1) is 23.9 Å². The van der Waals surface area contributed by atoms with Crippen LogP contribution in [0, 0.1) is 20.8 Å². The van der Waals surface area contributed by atoms with E-state index < -0.39 is 0 Å². The molecule has 0 bridgehead atoms. The van der Waals surface area contributed by atoms with Crippen LogP contribution in [0.5, 0.6) is 5.75 Å². The van der Waals surface area contributed by atoms with Crippen LogP contribution in [0.1, 0.15) is 40.0 Å². The molecule has 0 unspecified atom stereocenters. The van der Waals surface area contributed by atoms with Crippen molar-refractivity contribution in [3.8, 4) is 11.6 Å². The number of rotatable bonds is 7. The lowest BCUT2D eigenvalue weighted by Crippen LogP contribution is -2.17. The molecule has 7 heteroatoms. The number of carbonyl (C=O) groups is 2. The molecule has 2 aromatic heterocycles. The number of hydrogen-bond donors (Lipinski definition) is 1. The molecule has 0 saturated heterocycles. The number of anilines is 1. The summed E-state index contributed by atoms with van der Waals surface area (Å²) < 4.78 is 6.91. The largest absolute Gasteiger partial charge is 0.496 e. The van der Waals surface area contributed by atoms with Crippen molar-refractivity contribution < 1.29 is 14.3 Å². The van der Waals surface area contributed by atoms with E-state index in [-0.39, 0.29) is 24.5 Å². The second-order valence-electron chi connectivity index (χ2n) is 8.07. The number of hydrogen-bond acceptors (Lipinski definition) is 5. The zero-order chi connectivity index (χ0) is 23.5. The third-order valence-corrected chi connectivity index (χ3v) is 5.46. The summed E-state index contributed by atoms with van der Waals surface area (Å²) in [6.07, 6.45) is 0.121. The van der Waals surface area contributed by atoms with Crippen LogP contribution in [0.3, 0.4) is 0 Å². The van der Waals surface area contributed by atoms with E-state index in [0.29, 0.717) is 22.9 Å². The lowest BCUT2D eigenvalue weighted by molar-refractivity contribution is -0.116. The van der Waals surface area contributed by atoms with E-state index >= 15 is 0 Å². The molecular weight excluding hydrogens is 416 g/mol. The number of aromatic nitrogens is 3. The fourth-order valence-corrected chi connectivity index (χ4v) is 3.81. The highest BCUT2D eigenvalue weighted by molar-refractivity contribution is 6.01. The minimum atomic E-state index is -0.270. The zero-order valence-electron chi connectivity index (χ0n) is 19.2. The highest BCUT2D eigenvalue weighted by atomic mass is 16.5. The van der Waals surface area contributed by atoms with Crippen molar-refractivity contribution in [2.75, 3.05) is 12.4 Å². The van der Waals surface area contributed by atoms with Gasteiger partial charge in [-0.1, -0.05) is 29.8 Å². The third-order valence-electron chi connectivity index (χ3n) is 5.46. The molecular formula is C26H26N4O3. The average molecular weight is 443 g/mol. The Morgan fingerprint density at radius 2 is 1.79 bits per heavy atom. The molecule has 0 radical (unpaired) electrons. The van der Waals surface area contributed by atoms with Crippen molar-refractivity contribution in [2.45, 2.75) is 33.6 Å². The summed E-state index contributed by atoms with van der Waals surface area (Å²) in [5.74, 6) is 1.24. The number of Topliss-reactive ketones (excluding diaryl/α,β-unsaturated/α-hetero) is 1. The predicted octanol–water partition coefficient (Wildman–Crippen LogP) is 4.96. The van der Waals surface area contributed by atoms with E-state index in [0.717, 1.165) is 27.7 Å². The van der Waals surface area contributed by atoms with Gasteiger partial charge in [0.25, 0.3) is 0 Å². The second-order valence-corrected chi connectivity index (χ2v) is 8.07. The molecule has 2 heterocycles. The van der Waals surface area contributed by atoms with Crippen LogP contribution in [-0.4, -0.2) is 33.6 Å². The maximum atomic E-state index is 12.7. The third kappa shape index (κ3) is 4.77. The summed E-state index contributed by atoms with van der Waals surface area (Å²) in [7, 11) is 1.53. The zero-order valence-corrected chi connectivity index (χ0v) is 19.2. The topological polar surface area (TPSA) is 86.1 Å². The van der Waals surface area contributed by atoms with Crippen LogP contribution >= 0.6 is 0 Å². The van der Waals surface area contributed by atoms with E-state index in [1.807, 2.05) is 57.2 Å². The Labute approximate surface area is 192 Å². The number of aryl methyl sites for hydroxylation is 3. The van der Waals surface area contributed by atoms with Crippen molar-refractivity contribution in [3.63, 3.8) is 0 Å². The molecule has 33 heavy (non-hydrogen) atoms. The molecule has 0 fully saturated rings. The lowest BCUT2D eigenvalue weighted by Gasteiger charge is -2.11. The fourth-order valence-electron chi connectivity index (χ4n) is 3.81. The maximum Gasteiger partial charge on any atom is 0.225 e. The molecule has 1 N–H and O–H groups in total. The van der Waals surface area contributed by atoms with Gasteiger partial charge in [-0.3, -0.25) is 9.59 Å². The molecule has 2 aromatic carbocycles. The quantitative estimate of drug-likeness (QED) is 0.409. The summed E-state index contributed by atoms with van der Waals surface area (Å²) in [4.78, 5) is 30.1. The highest BCUT2D eigenvalue weighted by Gasteiger charge is 2.17. The SMILES string of the molecule is COc1ccc(C)cc1C(=O)CCC(=O)Nc1cc(C)nn1-c1cc(C)c2ccccc2n1. The van der Waals surface area contributed by atoms with Gasteiger partial charge in [-0.25, -0.2) is 4.98 Å². The molecule has 0 saturated carbocycles. The molecule has 0 aliphatic rings. The number of para-hydroxylation sites is 1. The van der Waals surface area contributed by atoms with Crippen molar-refractivity contribution in [3.05, 3.63) is 77.0 Å². The van der Waals surface area contributed by atoms with Crippen LogP contribution in [0.4, 0.5) is 5.82 Å². The van der Waals surface area contributed by atoms with Gasteiger partial charge in [0.2, 0.25) is 5.91 Å². The van der Waals surface area contributed by atoms with Gasteiger partial charge in [0.1, 0.15) is 11.6 Å². The molecule has 0 aliphatic heterocycles. The van der Waals surface area contributed by atoms with Gasteiger partial charge in [0.15, 0.2) is 11.6 Å². The summed E-state index contributed by atoms with van der Waals surface area (Å²) in [5, 5.41) is 8.47. The molecule has 0 spiro atoms. The number of carbonyl (C=O) groups excluding carboxylic acids is 2. The summed E-state index contributed by atoms with van der Waals surface area (Å²) in [5.41, 5.74) is 4.12. The molecule has 1 amide bonds. The standard InChI is InChI=1S/C26H26N4O3/c1-16-9-11-23(33-4)20(13-16)22(31)10-12-26(32)28-25-15-18(3)29-30(25)24-14-17(2)19-7-5-6-8-21(19)27-24/h5-9,11,13-15H,10,12H2,1-4H3,(H,28,32). The first-order valence-corrected chi connectivity index (χ1v) is 10.8. The second kappa shape index (κ2) is 9.24. The lowest BCUT2D eigenvalue weighted by atomic mass is 10.0. The number of fused-ring (bicyclic) bond motifs is 1. The number of ether oxygens (including phenoxy) is 1. The number of methoxy groups -OCH3 is 1. The summed E-state index contributed by atoms with van der Waals surface area (Å²) in [6, 6.07) is 17.1. The number of amides is 1. The molecule has 0 aliphatic carbocycles. The van der Waals surface area contributed by atoms with Crippen LogP contribution in [0.25, 0.3) is 16.7 Å². The predicted molar refractivity (Wildman–Crippen MR) is 128 cm³/mol. The fraction of sp³-hybridized carbons (Fsp3) is 0.231. The minimum absolute atomic E-state index is 0.0460. The number of nitrogens with zero attached hydrogens (tertiary/aromatic N) is 3. The van der Waals surface area contributed by atoms with Gasteiger partial charge in [-0.15, -0.1) is 0 Å². The molecule has 0 atom stereocenters. The van der Waals surface area contributed by atoms with Crippen LogP contribution in [0.2, 0.25) is 0 Å². The van der Waals surface area contributed by atoms with Gasteiger partial charge in [-0.05, 0) is 50.6 Å². The maximum absolute atomic E-state index is 12.7. The van der Waals surface area contributed by atoms with Crippen LogP contribution in [0.15, 0.2) is 54.6 Å². The first kappa shape index (κ1) is 22.2. The highest BCUT2D eigenvalue weighted by Crippen LogP contribution is 2.24. The van der Waals surface area contributed by atoms with Gasteiger partial charge >= 0.3 is 0 Å². The summed E-state index contributed by atoms with van der Waals surface area (Å²) in [6.45, 7) is 5.79. The number of benzene rings is 2. The molecule has 4 rings (SSSR count). The monoisotopic (exact) mass is 442 g/mol. The Balaban J connectivity index is 1.51. The summed E-state index contributed by atoms with van der Waals surface area (Å²) >= 11 is 0. The minimum Gasteiger partial charge on any atom is -0.496 e. The Hall–Kier alpha value is -4.00. The van der Waals surface area contributed by atoms with E-state index in [9.17, 15) is 9.59 Å². The Morgan fingerprint density at radius 1 is 1.00 bits per heavy atom. The van der Waals surface area contributed by atoms with E-state index in [1.165, 1.54) is 7.11 Å². The Morgan fingerprint density at radius 3 is 2.58 bits per heavy atom. The first-order valence-electron chi connectivity index (χ1n) is 10.8. The van der Waals surface area contributed by atoms with E-state index in [4.69, 9.17) is 9.72 Å². The Kier molecular flexibility index (Phi) is 6.22. The normalized spacial score (nSPS) is 10.9. The molecule has 7 nitrogen and oxygen atoms in total. The van der Waals surface area contributed by atoms with Gasteiger partial charge in [-0.2, -0.15) is 9.78 Å². The van der Waals surface area contributed by atoms with Crippen molar-refractivity contribution >= 4 is 28.4 Å². The van der Waals surface area contributed by atoms with E-state index in [2.05, 4.69) is 10.4 Å². The van der Waals surface area contributed by atoms with Crippen molar-refractivity contribution in [2.24, 2.45) is 0 Å². The average Bonchev–Trinajstić information content (AvgIpc) is 3.17. The van der Waals surface area contributed by atoms with Gasteiger partial charge < -0.3 is 10.1 Å². The molecule has 4 aromatic rings. The number of nitrogens with one attached hydrogen (secondary N) is 1. The van der Waals surface area contributed by atoms with E-state index in [1.54, 1.807) is 22.9 Å². The van der Waals surface area contributed by atoms with Crippen molar-refractivity contribution in [1.82, 2.24) is 14.8 Å². The number of ketones is 1. The van der Waals surface area contributed by atoms with Crippen LogP contribution in [-0.2, 0) is 4.79 Å². The van der Waals surface area contributed by atoms with Crippen LogP contribution < -0.4 is 10.1 Å². The smallest absolute Gasteiger partial charge is 0.225 e. The van der Waals surface area contributed by atoms with Crippen molar-refractivity contribution in [1.29, 1.82) is 0 Å². The molecule has 168 valence electrons.